The summed E-state index contributed by atoms with van der Waals surface area (Å²) in [5, 5.41) is 0. The third kappa shape index (κ3) is 4.02. The van der Waals surface area contributed by atoms with Crippen LogP contribution in [0.25, 0.3) is 0 Å². The molecule has 100 valence electrons. The van der Waals surface area contributed by atoms with Crippen LogP contribution in [-0.2, 0) is 4.74 Å². The zero-order chi connectivity index (χ0) is 13.5. The third-order valence-corrected chi connectivity index (χ3v) is 2.68. The maximum Gasteiger partial charge on any atom is 0.341 e. The molecular weight excluding hydrogens is 235 g/mol. The molecule has 4 heteroatoms. The Hall–Kier alpha value is -1.58. The number of methoxy groups -OCH3 is 1. The van der Waals surface area contributed by atoms with Gasteiger partial charge in [-0.1, -0.05) is 20.3 Å². The van der Waals surface area contributed by atoms with Crippen LogP contribution in [0.1, 0.15) is 37.0 Å². The summed E-state index contributed by atoms with van der Waals surface area (Å²) >= 11 is 0. The van der Waals surface area contributed by atoms with Crippen LogP contribution in [0.15, 0.2) is 18.2 Å². The van der Waals surface area contributed by atoms with Crippen LogP contribution in [-0.4, -0.2) is 19.7 Å². The van der Waals surface area contributed by atoms with Gasteiger partial charge in [0.1, 0.15) is 11.6 Å². The van der Waals surface area contributed by atoms with Gasteiger partial charge in [0, 0.05) is 6.07 Å². The lowest BCUT2D eigenvalue weighted by Crippen LogP contribution is -2.13. The monoisotopic (exact) mass is 254 g/mol. The predicted octanol–water partition coefficient (Wildman–Crippen LogP) is 3.43. The Bertz CT molecular complexity index is 404. The molecule has 1 aromatic rings. The third-order valence-electron chi connectivity index (χ3n) is 2.68. The second-order valence-electron chi connectivity index (χ2n) is 4.34. The summed E-state index contributed by atoms with van der Waals surface area (Å²) in [5.41, 5.74) is -0.0560. The summed E-state index contributed by atoms with van der Waals surface area (Å²) in [6.07, 6.45) is 2.02. The van der Waals surface area contributed by atoms with E-state index in [0.717, 1.165) is 12.8 Å². The predicted molar refractivity (Wildman–Crippen MR) is 67.3 cm³/mol. The second-order valence-corrected chi connectivity index (χ2v) is 4.34. The molecule has 0 heterocycles. The van der Waals surface area contributed by atoms with Crippen LogP contribution in [0.3, 0.4) is 0 Å². The Kier molecular flexibility index (Phi) is 5.62. The van der Waals surface area contributed by atoms with Gasteiger partial charge >= 0.3 is 5.97 Å². The van der Waals surface area contributed by atoms with Crippen LogP contribution >= 0.6 is 0 Å². The summed E-state index contributed by atoms with van der Waals surface area (Å²) in [6.45, 7) is 4.39. The van der Waals surface area contributed by atoms with Crippen molar-refractivity contribution in [3.63, 3.8) is 0 Å². The number of hydrogen-bond acceptors (Lipinski definition) is 3. The zero-order valence-electron chi connectivity index (χ0n) is 11.0. The highest BCUT2D eigenvalue weighted by Crippen LogP contribution is 2.17. The highest BCUT2D eigenvalue weighted by molar-refractivity contribution is 5.89. The molecule has 0 aliphatic heterocycles. The molecule has 0 saturated heterocycles. The van der Waals surface area contributed by atoms with Crippen LogP contribution in [0.5, 0.6) is 5.75 Å². The molecule has 0 N–H and O–H groups in total. The number of ether oxygens (including phenoxy) is 2. The Balaban J connectivity index is 2.61. The highest BCUT2D eigenvalue weighted by atomic mass is 19.1. The van der Waals surface area contributed by atoms with Crippen molar-refractivity contribution in [2.75, 3.05) is 13.7 Å². The van der Waals surface area contributed by atoms with Crippen molar-refractivity contribution in [2.24, 2.45) is 5.92 Å². The number of hydrogen-bond donors (Lipinski definition) is 0. The van der Waals surface area contributed by atoms with Gasteiger partial charge in [-0.05, 0) is 24.5 Å². The van der Waals surface area contributed by atoms with Gasteiger partial charge in [-0.25, -0.2) is 9.18 Å². The maximum atomic E-state index is 13.6. The van der Waals surface area contributed by atoms with Crippen molar-refractivity contribution in [3.05, 3.63) is 29.6 Å². The van der Waals surface area contributed by atoms with Gasteiger partial charge in [0.25, 0.3) is 0 Å². The van der Waals surface area contributed by atoms with E-state index in [9.17, 15) is 9.18 Å². The first-order valence-corrected chi connectivity index (χ1v) is 6.09. The smallest absolute Gasteiger partial charge is 0.341 e. The molecule has 18 heavy (non-hydrogen) atoms. The molecule has 0 aliphatic rings. The Labute approximate surface area is 107 Å². The van der Waals surface area contributed by atoms with Crippen LogP contribution < -0.4 is 4.74 Å². The van der Waals surface area contributed by atoms with Crippen LogP contribution in [0, 0.1) is 11.7 Å². The van der Waals surface area contributed by atoms with Crippen molar-refractivity contribution in [1.29, 1.82) is 0 Å². The van der Waals surface area contributed by atoms with Gasteiger partial charge in [0.2, 0.25) is 0 Å². The van der Waals surface area contributed by atoms with Gasteiger partial charge < -0.3 is 9.47 Å². The van der Waals surface area contributed by atoms with E-state index >= 15 is 0 Å². The van der Waals surface area contributed by atoms with Gasteiger partial charge in [0.05, 0.1) is 19.3 Å². The first kappa shape index (κ1) is 14.5. The van der Waals surface area contributed by atoms with Crippen LogP contribution in [0.2, 0.25) is 0 Å². The number of rotatable bonds is 6. The van der Waals surface area contributed by atoms with Crippen molar-refractivity contribution in [3.8, 4) is 5.75 Å². The highest BCUT2D eigenvalue weighted by Gasteiger charge is 2.15. The molecule has 0 amide bonds. The molecule has 1 aromatic carbocycles. The van der Waals surface area contributed by atoms with E-state index in [2.05, 4.69) is 6.92 Å². The quantitative estimate of drug-likeness (QED) is 0.730. The molecule has 0 aromatic heterocycles. The average Bonchev–Trinajstić information content (AvgIpc) is 2.36. The molecule has 0 fully saturated rings. The van der Waals surface area contributed by atoms with Crippen LogP contribution in [0.4, 0.5) is 4.39 Å². The number of carbonyl (C=O) groups excluding carboxylic acids is 1. The summed E-state index contributed by atoms with van der Waals surface area (Å²) in [7, 11) is 1.44. The molecule has 0 saturated carbocycles. The minimum Gasteiger partial charge on any atom is -0.497 e. The lowest BCUT2D eigenvalue weighted by molar-refractivity contribution is 0.0438. The first-order chi connectivity index (χ1) is 8.58. The van der Waals surface area contributed by atoms with Gasteiger partial charge in [-0.2, -0.15) is 0 Å². The number of carbonyl (C=O) groups is 1. The van der Waals surface area contributed by atoms with E-state index in [4.69, 9.17) is 9.47 Å². The molecule has 1 unspecified atom stereocenters. The lowest BCUT2D eigenvalue weighted by atomic mass is 10.1. The summed E-state index contributed by atoms with van der Waals surface area (Å²) in [5.74, 6) is -0.579. The maximum absolute atomic E-state index is 13.6. The molecule has 1 rings (SSSR count). The molecule has 0 bridgehead atoms. The normalized spacial score (nSPS) is 12.0. The molecular formula is C14H19FO3. The number of esters is 1. The molecule has 3 nitrogen and oxygen atoms in total. The van der Waals surface area contributed by atoms with Crippen molar-refractivity contribution >= 4 is 5.97 Å². The standard InChI is InChI=1S/C14H19FO3/c1-4-5-10(2)9-18-14(16)12-7-6-11(17-3)8-13(12)15/h6-8,10H,4-5,9H2,1-3H3. The Morgan fingerprint density at radius 2 is 2.17 bits per heavy atom. The SMILES string of the molecule is CCCC(C)COC(=O)c1ccc(OC)cc1F. The van der Waals surface area contributed by atoms with Crippen molar-refractivity contribution < 1.29 is 18.7 Å². The van der Waals surface area contributed by atoms with Gasteiger partial charge in [0.15, 0.2) is 0 Å². The van der Waals surface area contributed by atoms with E-state index in [-0.39, 0.29) is 5.56 Å². The Morgan fingerprint density at radius 1 is 1.44 bits per heavy atom. The fourth-order valence-electron chi connectivity index (χ4n) is 1.66. The molecule has 0 spiro atoms. The average molecular weight is 254 g/mol. The van der Waals surface area contributed by atoms with Gasteiger partial charge in [-0.3, -0.25) is 0 Å². The van der Waals surface area contributed by atoms with Crippen molar-refractivity contribution in [1.82, 2.24) is 0 Å². The molecule has 0 radical (unpaired) electrons. The summed E-state index contributed by atoms with van der Waals surface area (Å²) in [4.78, 5) is 11.7. The van der Waals surface area contributed by atoms with E-state index in [1.54, 1.807) is 0 Å². The largest absolute Gasteiger partial charge is 0.497 e. The topological polar surface area (TPSA) is 35.5 Å². The lowest BCUT2D eigenvalue weighted by Gasteiger charge is -2.11. The molecule has 0 aliphatic carbocycles. The molecule has 1 atom stereocenters. The number of halogens is 1. The van der Waals surface area contributed by atoms with E-state index in [0.29, 0.717) is 18.3 Å². The van der Waals surface area contributed by atoms with E-state index < -0.39 is 11.8 Å². The fourth-order valence-corrected chi connectivity index (χ4v) is 1.66. The first-order valence-electron chi connectivity index (χ1n) is 6.09. The summed E-state index contributed by atoms with van der Waals surface area (Å²) in [6, 6.07) is 4.09. The van der Waals surface area contributed by atoms with E-state index in [1.165, 1.54) is 25.3 Å². The summed E-state index contributed by atoms with van der Waals surface area (Å²) < 4.78 is 23.5. The zero-order valence-corrected chi connectivity index (χ0v) is 11.0. The minimum absolute atomic E-state index is 0.0560. The van der Waals surface area contributed by atoms with E-state index in [1.807, 2.05) is 6.92 Å². The Morgan fingerprint density at radius 3 is 2.72 bits per heavy atom. The second kappa shape index (κ2) is 6.99. The van der Waals surface area contributed by atoms with Gasteiger partial charge in [-0.15, -0.1) is 0 Å². The fraction of sp³-hybridized carbons (Fsp3) is 0.500. The minimum atomic E-state index is -0.627. The van der Waals surface area contributed by atoms with Crippen molar-refractivity contribution in [2.45, 2.75) is 26.7 Å². The number of benzene rings is 1.